The average molecular weight is 514 g/mol. The molecule has 0 spiro atoms. The Kier molecular flexibility index (Phi) is 6.95. The van der Waals surface area contributed by atoms with Crippen molar-refractivity contribution in [3.05, 3.63) is 81.4 Å². The predicted molar refractivity (Wildman–Crippen MR) is 146 cm³/mol. The van der Waals surface area contributed by atoms with E-state index in [1.807, 2.05) is 35.0 Å². The molecule has 1 N–H and O–H groups in total. The lowest BCUT2D eigenvalue weighted by molar-refractivity contribution is 0.0988. The maximum absolute atomic E-state index is 13.5. The number of nitrogens with zero attached hydrogens (tertiary/aromatic N) is 6. The van der Waals surface area contributed by atoms with Crippen molar-refractivity contribution in [2.45, 2.75) is 51.2 Å². The number of methoxy groups -OCH3 is 1. The minimum absolute atomic E-state index is 0.0777. The van der Waals surface area contributed by atoms with Crippen molar-refractivity contribution in [3.63, 3.8) is 0 Å². The van der Waals surface area contributed by atoms with Gasteiger partial charge >= 0.3 is 0 Å². The Morgan fingerprint density at radius 3 is 2.66 bits per heavy atom. The zero-order chi connectivity index (χ0) is 26.1. The number of aromatic nitrogens is 5. The number of pyridine rings is 1. The average Bonchev–Trinajstić information content (AvgIpc) is 3.63. The molecule has 2 aromatic carbocycles. The highest BCUT2D eigenvalue weighted by molar-refractivity contribution is 5.79. The Balaban J connectivity index is 1.32. The van der Waals surface area contributed by atoms with Crippen LogP contribution in [0.1, 0.15) is 60.3 Å². The number of fused-ring (bicyclic) bond motifs is 1. The summed E-state index contributed by atoms with van der Waals surface area (Å²) in [5.74, 6) is 1.65. The van der Waals surface area contributed by atoms with E-state index in [1.165, 1.54) is 18.4 Å². The van der Waals surface area contributed by atoms with Crippen LogP contribution in [0.2, 0.25) is 0 Å². The third kappa shape index (κ3) is 4.96. The van der Waals surface area contributed by atoms with E-state index in [-0.39, 0.29) is 11.6 Å². The molecule has 2 fully saturated rings. The molecular formula is C29H35N7O2. The molecule has 38 heavy (non-hydrogen) atoms. The van der Waals surface area contributed by atoms with E-state index in [0.717, 1.165) is 73.6 Å². The van der Waals surface area contributed by atoms with Crippen molar-refractivity contribution in [1.82, 2.24) is 35.0 Å². The second kappa shape index (κ2) is 10.7. The van der Waals surface area contributed by atoms with Crippen molar-refractivity contribution in [2.24, 2.45) is 0 Å². The summed E-state index contributed by atoms with van der Waals surface area (Å²) in [6, 6.07) is 16.4. The van der Waals surface area contributed by atoms with E-state index >= 15 is 0 Å². The molecule has 1 saturated heterocycles. The molecule has 9 heteroatoms. The normalized spacial score (nSPS) is 18.3. The van der Waals surface area contributed by atoms with Gasteiger partial charge in [-0.15, -0.1) is 5.10 Å². The molecule has 1 saturated carbocycles. The van der Waals surface area contributed by atoms with Crippen LogP contribution in [0.5, 0.6) is 5.75 Å². The first kappa shape index (κ1) is 24.8. The van der Waals surface area contributed by atoms with Crippen molar-refractivity contribution in [2.75, 3.05) is 33.3 Å². The van der Waals surface area contributed by atoms with Crippen molar-refractivity contribution in [1.29, 1.82) is 0 Å². The molecule has 1 unspecified atom stereocenters. The zero-order valence-corrected chi connectivity index (χ0v) is 22.1. The molecule has 0 radical (unpaired) electrons. The monoisotopic (exact) mass is 513 g/mol. The number of rotatable bonds is 7. The number of benzene rings is 2. The fourth-order valence-electron chi connectivity index (χ4n) is 6.04. The van der Waals surface area contributed by atoms with Crippen molar-refractivity contribution < 1.29 is 4.74 Å². The summed E-state index contributed by atoms with van der Waals surface area (Å²) in [5.41, 5.74) is 3.88. The zero-order valence-electron chi connectivity index (χ0n) is 22.1. The van der Waals surface area contributed by atoms with E-state index in [2.05, 4.69) is 55.4 Å². The third-order valence-electron chi connectivity index (χ3n) is 8.07. The molecule has 0 bridgehead atoms. The summed E-state index contributed by atoms with van der Waals surface area (Å²) in [4.78, 5) is 21.5. The van der Waals surface area contributed by atoms with Gasteiger partial charge in [-0.3, -0.25) is 14.6 Å². The van der Waals surface area contributed by atoms with E-state index in [4.69, 9.17) is 4.74 Å². The smallest absolute Gasteiger partial charge is 0.253 e. The Labute approximate surface area is 222 Å². The highest BCUT2D eigenvalue weighted by Gasteiger charge is 2.34. The van der Waals surface area contributed by atoms with Gasteiger partial charge in [0.05, 0.1) is 13.2 Å². The molecule has 198 valence electrons. The number of hydrogen-bond acceptors (Lipinski definition) is 7. The first-order valence-corrected chi connectivity index (χ1v) is 13.6. The lowest BCUT2D eigenvalue weighted by Gasteiger charge is -2.39. The number of piperazine rings is 1. The molecule has 2 aromatic heterocycles. The summed E-state index contributed by atoms with van der Waals surface area (Å²) < 4.78 is 7.41. The Morgan fingerprint density at radius 1 is 1.05 bits per heavy atom. The van der Waals surface area contributed by atoms with Gasteiger partial charge in [-0.05, 0) is 71.5 Å². The standard InChI is InChI=1S/C29H35N7O2/c1-20-10-11-26-22(16-20)18-25(29(37)30-26)27(28-31-32-33-36(28)23-7-3-4-8-23)35-14-12-34(13-15-35)19-21-6-5-9-24(17-21)38-2/h5-6,9-11,16-18,23,27H,3-4,7-8,12-15,19H2,1-2H3,(H,30,37). The predicted octanol–water partition coefficient (Wildman–Crippen LogP) is 3.85. The molecule has 1 atom stereocenters. The number of ether oxygens (including phenoxy) is 1. The van der Waals surface area contributed by atoms with Gasteiger partial charge < -0.3 is 9.72 Å². The van der Waals surface area contributed by atoms with Gasteiger partial charge in [-0.25, -0.2) is 4.68 Å². The van der Waals surface area contributed by atoms with Crippen LogP contribution in [-0.4, -0.2) is 68.3 Å². The fourth-order valence-corrected chi connectivity index (χ4v) is 6.04. The van der Waals surface area contributed by atoms with E-state index in [1.54, 1.807) is 7.11 Å². The summed E-state index contributed by atoms with van der Waals surface area (Å²) >= 11 is 0. The SMILES string of the molecule is COc1cccc(CN2CCN(C(c3cc4cc(C)ccc4[nH]c3=O)c3nnnn3C3CCCC3)CC2)c1. The molecule has 6 rings (SSSR count). The van der Waals surface area contributed by atoms with Crippen molar-refractivity contribution >= 4 is 10.9 Å². The highest BCUT2D eigenvalue weighted by atomic mass is 16.5. The number of aryl methyl sites for hydroxylation is 1. The van der Waals surface area contributed by atoms with Crippen LogP contribution < -0.4 is 10.3 Å². The minimum atomic E-state index is -0.307. The molecule has 1 aliphatic carbocycles. The second-order valence-corrected chi connectivity index (χ2v) is 10.6. The topological polar surface area (TPSA) is 92.2 Å². The lowest BCUT2D eigenvalue weighted by atomic mass is 10.0. The molecule has 1 aliphatic heterocycles. The van der Waals surface area contributed by atoms with Gasteiger partial charge in [0.2, 0.25) is 0 Å². The Bertz CT molecular complexity index is 1470. The van der Waals surface area contributed by atoms with Gasteiger partial charge in [-0.2, -0.15) is 0 Å². The quantitative estimate of drug-likeness (QED) is 0.401. The van der Waals surface area contributed by atoms with Crippen LogP contribution >= 0.6 is 0 Å². The Hall–Kier alpha value is -3.56. The van der Waals surface area contributed by atoms with Crippen molar-refractivity contribution in [3.8, 4) is 5.75 Å². The number of tetrazole rings is 1. The minimum Gasteiger partial charge on any atom is -0.497 e. The first-order chi connectivity index (χ1) is 18.6. The summed E-state index contributed by atoms with van der Waals surface area (Å²) in [6.07, 6.45) is 4.53. The van der Waals surface area contributed by atoms with Crippen LogP contribution in [0.3, 0.4) is 0 Å². The third-order valence-corrected chi connectivity index (χ3v) is 8.07. The van der Waals surface area contributed by atoms with E-state index < -0.39 is 0 Å². The van der Waals surface area contributed by atoms with E-state index in [9.17, 15) is 4.79 Å². The van der Waals surface area contributed by atoms with Crippen LogP contribution in [-0.2, 0) is 6.54 Å². The maximum Gasteiger partial charge on any atom is 0.253 e. The Morgan fingerprint density at radius 2 is 1.87 bits per heavy atom. The largest absolute Gasteiger partial charge is 0.497 e. The van der Waals surface area contributed by atoms with E-state index in [0.29, 0.717) is 11.6 Å². The molecule has 2 aliphatic rings. The first-order valence-electron chi connectivity index (χ1n) is 13.6. The van der Waals surface area contributed by atoms with Crippen LogP contribution in [0.15, 0.2) is 53.3 Å². The van der Waals surface area contributed by atoms with Gasteiger partial charge in [-0.1, -0.05) is 36.6 Å². The van der Waals surface area contributed by atoms with Gasteiger partial charge in [0.1, 0.15) is 11.8 Å². The number of aromatic amines is 1. The summed E-state index contributed by atoms with van der Waals surface area (Å²) in [5, 5.41) is 14.1. The fraction of sp³-hybridized carbons (Fsp3) is 0.448. The van der Waals surface area contributed by atoms with Gasteiger partial charge in [0.25, 0.3) is 5.56 Å². The van der Waals surface area contributed by atoms with Gasteiger partial charge in [0, 0.05) is 43.8 Å². The molecular weight excluding hydrogens is 478 g/mol. The second-order valence-electron chi connectivity index (χ2n) is 10.6. The number of nitrogens with one attached hydrogen (secondary N) is 1. The molecule has 9 nitrogen and oxygen atoms in total. The summed E-state index contributed by atoms with van der Waals surface area (Å²) in [7, 11) is 1.70. The van der Waals surface area contributed by atoms with Crippen LogP contribution in [0.25, 0.3) is 10.9 Å². The van der Waals surface area contributed by atoms with Crippen LogP contribution in [0.4, 0.5) is 0 Å². The molecule has 4 aromatic rings. The van der Waals surface area contributed by atoms with Gasteiger partial charge in [0.15, 0.2) is 5.82 Å². The number of H-pyrrole nitrogens is 1. The van der Waals surface area contributed by atoms with Crippen LogP contribution in [0, 0.1) is 6.92 Å². The maximum atomic E-state index is 13.5. The number of hydrogen-bond donors (Lipinski definition) is 1. The summed E-state index contributed by atoms with van der Waals surface area (Å²) in [6.45, 7) is 6.36. The lowest BCUT2D eigenvalue weighted by Crippen LogP contribution is -2.48. The highest BCUT2D eigenvalue weighted by Crippen LogP contribution is 2.34. The molecule has 3 heterocycles. The molecule has 0 amide bonds.